The van der Waals surface area contributed by atoms with Crippen LogP contribution in [0.25, 0.3) is 0 Å². The first kappa shape index (κ1) is 14.8. The van der Waals surface area contributed by atoms with Gasteiger partial charge in [0.15, 0.2) is 6.10 Å². The Bertz CT molecular complexity index is 296. The average molecular weight is 258 g/mol. The summed E-state index contributed by atoms with van der Waals surface area (Å²) >= 11 is 0. The number of carboxylic acid groups (broad SMARTS) is 1. The molecule has 104 valence electrons. The Morgan fingerprint density at radius 2 is 2.06 bits per heavy atom. The van der Waals surface area contributed by atoms with Crippen LogP contribution in [0.1, 0.15) is 32.6 Å². The van der Waals surface area contributed by atoms with E-state index in [4.69, 9.17) is 10.2 Å². The molecular weight excluding hydrogens is 236 g/mol. The number of nitrogens with one attached hydrogen (secondary N) is 2. The maximum atomic E-state index is 11.4. The molecule has 3 atom stereocenters. The van der Waals surface area contributed by atoms with Crippen LogP contribution in [0.3, 0.4) is 0 Å². The van der Waals surface area contributed by atoms with Gasteiger partial charge in [0.2, 0.25) is 0 Å². The molecule has 0 aromatic carbocycles. The fourth-order valence-electron chi connectivity index (χ4n) is 2.26. The van der Waals surface area contributed by atoms with Crippen molar-refractivity contribution in [2.24, 2.45) is 11.8 Å². The van der Waals surface area contributed by atoms with Gasteiger partial charge in [-0.2, -0.15) is 0 Å². The second kappa shape index (κ2) is 7.20. The van der Waals surface area contributed by atoms with Crippen LogP contribution in [0.2, 0.25) is 0 Å². The van der Waals surface area contributed by atoms with Gasteiger partial charge in [0, 0.05) is 19.5 Å². The number of hydrogen-bond acceptors (Lipinski definition) is 3. The minimum absolute atomic E-state index is 0.0171. The molecule has 0 aromatic heterocycles. The Hall–Kier alpha value is -1.30. The van der Waals surface area contributed by atoms with Gasteiger partial charge in [-0.05, 0) is 24.7 Å². The molecular formula is C12H22N2O4. The fraction of sp³-hybridized carbons (Fsp3) is 0.833. The van der Waals surface area contributed by atoms with Gasteiger partial charge in [-0.3, -0.25) is 0 Å². The summed E-state index contributed by atoms with van der Waals surface area (Å²) in [6.07, 6.45) is 2.13. The number of aliphatic hydroxyl groups is 1. The second-order valence-electron chi connectivity index (χ2n) is 5.06. The summed E-state index contributed by atoms with van der Waals surface area (Å²) in [4.78, 5) is 21.7. The van der Waals surface area contributed by atoms with Crippen molar-refractivity contribution in [2.45, 2.75) is 38.7 Å². The highest BCUT2D eigenvalue weighted by Gasteiger charge is 2.21. The standard InChI is InChI=1S/C12H22N2O4/c1-8-2-3-9(6-8)7-14-12(18)13-5-4-10(15)11(16)17/h8-10,15H,2-7H2,1H3,(H,16,17)(H2,13,14,18)/t8?,9?,10-/m0/s1. The van der Waals surface area contributed by atoms with Crippen LogP contribution >= 0.6 is 0 Å². The smallest absolute Gasteiger partial charge is 0.332 e. The van der Waals surface area contributed by atoms with E-state index in [2.05, 4.69) is 17.6 Å². The molecule has 2 unspecified atom stereocenters. The van der Waals surface area contributed by atoms with Crippen molar-refractivity contribution < 1.29 is 19.8 Å². The van der Waals surface area contributed by atoms with E-state index < -0.39 is 12.1 Å². The Labute approximate surface area is 107 Å². The number of carboxylic acids is 1. The first-order chi connectivity index (χ1) is 8.49. The van der Waals surface area contributed by atoms with E-state index in [9.17, 15) is 9.59 Å². The molecule has 0 spiro atoms. The van der Waals surface area contributed by atoms with Crippen molar-refractivity contribution in [1.82, 2.24) is 10.6 Å². The van der Waals surface area contributed by atoms with Crippen molar-refractivity contribution in [2.75, 3.05) is 13.1 Å². The second-order valence-corrected chi connectivity index (χ2v) is 5.06. The minimum atomic E-state index is -1.42. The number of amides is 2. The summed E-state index contributed by atoms with van der Waals surface area (Å²) in [6.45, 7) is 3.03. The van der Waals surface area contributed by atoms with Crippen molar-refractivity contribution >= 4 is 12.0 Å². The van der Waals surface area contributed by atoms with E-state index in [1.165, 1.54) is 6.42 Å². The van der Waals surface area contributed by atoms with Gasteiger partial charge in [0.1, 0.15) is 0 Å². The molecule has 0 saturated heterocycles. The molecule has 0 bridgehead atoms. The van der Waals surface area contributed by atoms with Crippen LogP contribution < -0.4 is 10.6 Å². The Morgan fingerprint density at radius 1 is 1.33 bits per heavy atom. The number of carbonyl (C=O) groups excluding carboxylic acids is 1. The SMILES string of the molecule is CC1CCC(CNC(=O)NCC[C@H](O)C(=O)O)C1. The van der Waals surface area contributed by atoms with Gasteiger partial charge in [-0.1, -0.05) is 13.3 Å². The number of aliphatic hydroxyl groups excluding tert-OH is 1. The lowest BCUT2D eigenvalue weighted by atomic mass is 10.1. The number of carbonyl (C=O) groups is 2. The molecule has 1 fully saturated rings. The molecule has 2 amide bonds. The number of urea groups is 1. The monoisotopic (exact) mass is 258 g/mol. The third kappa shape index (κ3) is 5.35. The fourth-order valence-corrected chi connectivity index (χ4v) is 2.26. The molecule has 6 nitrogen and oxygen atoms in total. The van der Waals surface area contributed by atoms with E-state index in [0.717, 1.165) is 18.8 Å². The highest BCUT2D eigenvalue weighted by Crippen LogP contribution is 2.29. The normalized spacial score (nSPS) is 24.6. The highest BCUT2D eigenvalue weighted by molar-refractivity contribution is 5.74. The van der Waals surface area contributed by atoms with E-state index in [1.807, 2.05) is 0 Å². The average Bonchev–Trinajstić information content (AvgIpc) is 2.72. The molecule has 0 radical (unpaired) electrons. The highest BCUT2D eigenvalue weighted by atomic mass is 16.4. The van der Waals surface area contributed by atoms with Crippen molar-refractivity contribution in [3.8, 4) is 0 Å². The first-order valence-corrected chi connectivity index (χ1v) is 6.41. The zero-order chi connectivity index (χ0) is 13.5. The van der Waals surface area contributed by atoms with Crippen LogP contribution in [-0.2, 0) is 4.79 Å². The van der Waals surface area contributed by atoms with Gasteiger partial charge in [0.25, 0.3) is 0 Å². The van der Waals surface area contributed by atoms with Gasteiger partial charge in [0.05, 0.1) is 0 Å². The molecule has 1 aliphatic carbocycles. The van der Waals surface area contributed by atoms with Crippen LogP contribution in [-0.4, -0.2) is 41.4 Å². The van der Waals surface area contributed by atoms with Crippen LogP contribution in [0, 0.1) is 11.8 Å². The molecule has 1 saturated carbocycles. The molecule has 0 heterocycles. The number of hydrogen-bond donors (Lipinski definition) is 4. The zero-order valence-corrected chi connectivity index (χ0v) is 10.7. The van der Waals surface area contributed by atoms with E-state index >= 15 is 0 Å². The Morgan fingerprint density at radius 3 is 2.61 bits per heavy atom. The number of rotatable bonds is 6. The largest absolute Gasteiger partial charge is 0.479 e. The summed E-state index contributed by atoms with van der Waals surface area (Å²) in [5.41, 5.74) is 0. The maximum Gasteiger partial charge on any atom is 0.332 e. The van der Waals surface area contributed by atoms with Gasteiger partial charge in [-0.15, -0.1) is 0 Å². The van der Waals surface area contributed by atoms with Crippen molar-refractivity contribution in [3.05, 3.63) is 0 Å². The van der Waals surface area contributed by atoms with Gasteiger partial charge >= 0.3 is 12.0 Å². The summed E-state index contributed by atoms with van der Waals surface area (Å²) in [5.74, 6) is 0.0260. The summed E-state index contributed by atoms with van der Waals surface area (Å²) in [7, 11) is 0. The molecule has 1 rings (SSSR count). The van der Waals surface area contributed by atoms with Crippen LogP contribution in [0.5, 0.6) is 0 Å². The van der Waals surface area contributed by atoms with Crippen LogP contribution in [0.15, 0.2) is 0 Å². The van der Waals surface area contributed by atoms with E-state index in [1.54, 1.807) is 0 Å². The third-order valence-electron chi connectivity index (χ3n) is 3.34. The third-order valence-corrected chi connectivity index (χ3v) is 3.34. The van der Waals surface area contributed by atoms with E-state index in [0.29, 0.717) is 12.5 Å². The Kier molecular flexibility index (Phi) is 5.91. The number of aliphatic carboxylic acids is 1. The van der Waals surface area contributed by atoms with Gasteiger partial charge < -0.3 is 20.8 Å². The Balaban J connectivity index is 2.05. The molecule has 4 N–H and O–H groups in total. The topological polar surface area (TPSA) is 98.7 Å². The molecule has 18 heavy (non-hydrogen) atoms. The van der Waals surface area contributed by atoms with Crippen molar-refractivity contribution in [1.29, 1.82) is 0 Å². The van der Waals surface area contributed by atoms with Gasteiger partial charge in [-0.25, -0.2) is 9.59 Å². The lowest BCUT2D eigenvalue weighted by molar-refractivity contribution is -0.146. The van der Waals surface area contributed by atoms with Crippen molar-refractivity contribution in [3.63, 3.8) is 0 Å². The van der Waals surface area contributed by atoms with Crippen LogP contribution in [0.4, 0.5) is 4.79 Å². The maximum absolute atomic E-state index is 11.4. The molecule has 0 aromatic rings. The predicted octanol–water partition coefficient (Wildman–Crippen LogP) is 0.557. The summed E-state index contributed by atoms with van der Waals surface area (Å²) in [6, 6.07) is -0.299. The summed E-state index contributed by atoms with van der Waals surface area (Å²) in [5, 5.41) is 22.7. The molecule has 1 aliphatic rings. The molecule has 0 aliphatic heterocycles. The lowest BCUT2D eigenvalue weighted by Crippen LogP contribution is -2.39. The quantitative estimate of drug-likeness (QED) is 0.559. The van der Waals surface area contributed by atoms with E-state index in [-0.39, 0.29) is 19.0 Å². The molecule has 6 heteroatoms. The predicted molar refractivity (Wildman–Crippen MR) is 66.2 cm³/mol. The summed E-state index contributed by atoms with van der Waals surface area (Å²) < 4.78 is 0. The first-order valence-electron chi connectivity index (χ1n) is 6.41. The lowest BCUT2D eigenvalue weighted by Gasteiger charge is -2.12. The zero-order valence-electron chi connectivity index (χ0n) is 10.7. The minimum Gasteiger partial charge on any atom is -0.479 e.